The molecule has 1 amide bonds. The van der Waals surface area contributed by atoms with Gasteiger partial charge in [0.05, 0.1) is 12.1 Å². The Morgan fingerprint density at radius 1 is 1.37 bits per heavy atom. The van der Waals surface area contributed by atoms with Crippen molar-refractivity contribution < 1.29 is 4.79 Å². The van der Waals surface area contributed by atoms with Crippen LogP contribution in [0, 0.1) is 0 Å². The summed E-state index contributed by atoms with van der Waals surface area (Å²) >= 11 is 0. The van der Waals surface area contributed by atoms with E-state index in [1.54, 1.807) is 24.5 Å². The molecule has 0 radical (unpaired) electrons. The Morgan fingerprint density at radius 3 is 2.79 bits per heavy atom. The van der Waals surface area contributed by atoms with E-state index in [1.807, 2.05) is 24.7 Å². The third kappa shape index (κ3) is 3.31. The van der Waals surface area contributed by atoms with Crippen molar-refractivity contribution in [1.29, 1.82) is 0 Å². The number of hydrogen-bond donors (Lipinski definition) is 2. The minimum atomic E-state index is -0.154. The molecule has 2 aromatic heterocycles. The molecular formula is C13H17N5O. The summed E-state index contributed by atoms with van der Waals surface area (Å²) in [7, 11) is 1.89. The number of aromatic nitrogens is 3. The van der Waals surface area contributed by atoms with Crippen LogP contribution in [0.15, 0.2) is 30.7 Å². The van der Waals surface area contributed by atoms with Gasteiger partial charge in [0, 0.05) is 32.2 Å². The van der Waals surface area contributed by atoms with Gasteiger partial charge >= 0.3 is 0 Å². The van der Waals surface area contributed by atoms with Crippen LogP contribution in [0.3, 0.4) is 0 Å². The fraction of sp³-hybridized carbons (Fsp3) is 0.308. The maximum absolute atomic E-state index is 11.9. The number of anilines is 1. The maximum Gasteiger partial charge on any atom is 0.253 e. The van der Waals surface area contributed by atoms with Gasteiger partial charge in [-0.2, -0.15) is 0 Å². The molecule has 0 aromatic carbocycles. The van der Waals surface area contributed by atoms with Crippen molar-refractivity contribution in [2.45, 2.75) is 13.5 Å². The van der Waals surface area contributed by atoms with Crippen LogP contribution in [0.25, 0.3) is 0 Å². The van der Waals surface area contributed by atoms with Gasteiger partial charge < -0.3 is 15.2 Å². The van der Waals surface area contributed by atoms with Crippen molar-refractivity contribution in [2.24, 2.45) is 7.05 Å². The minimum Gasteiger partial charge on any atom is -0.370 e. The highest BCUT2D eigenvalue weighted by atomic mass is 16.1. The standard InChI is InChI=1S/C13H17N5O/c1-3-14-11-5-4-10(8-16-11)13(19)17-9-12-15-6-7-18(12)2/h4-8H,3,9H2,1-2H3,(H,14,16)(H,17,19). The highest BCUT2D eigenvalue weighted by molar-refractivity contribution is 5.93. The summed E-state index contributed by atoms with van der Waals surface area (Å²) in [6.45, 7) is 3.20. The predicted molar refractivity (Wildman–Crippen MR) is 72.8 cm³/mol. The first-order valence-electron chi connectivity index (χ1n) is 6.15. The van der Waals surface area contributed by atoms with Gasteiger partial charge in [0.1, 0.15) is 11.6 Å². The van der Waals surface area contributed by atoms with Crippen molar-refractivity contribution in [3.63, 3.8) is 0 Å². The minimum absolute atomic E-state index is 0.154. The molecule has 0 saturated carbocycles. The van der Waals surface area contributed by atoms with E-state index in [9.17, 15) is 4.79 Å². The number of rotatable bonds is 5. The molecule has 0 aliphatic carbocycles. The Hall–Kier alpha value is -2.37. The molecule has 0 aliphatic heterocycles. The first-order chi connectivity index (χ1) is 9.20. The van der Waals surface area contributed by atoms with Crippen LogP contribution in [0.4, 0.5) is 5.82 Å². The van der Waals surface area contributed by atoms with E-state index >= 15 is 0 Å². The zero-order valence-corrected chi connectivity index (χ0v) is 11.1. The maximum atomic E-state index is 11.9. The monoisotopic (exact) mass is 259 g/mol. The van der Waals surface area contributed by atoms with E-state index in [0.29, 0.717) is 12.1 Å². The third-order valence-corrected chi connectivity index (χ3v) is 2.71. The molecule has 0 unspecified atom stereocenters. The molecule has 2 heterocycles. The van der Waals surface area contributed by atoms with Gasteiger partial charge in [0.25, 0.3) is 5.91 Å². The number of carbonyl (C=O) groups excluding carboxylic acids is 1. The molecule has 19 heavy (non-hydrogen) atoms. The van der Waals surface area contributed by atoms with Crippen LogP contribution in [0.2, 0.25) is 0 Å². The van der Waals surface area contributed by atoms with Crippen molar-refractivity contribution >= 4 is 11.7 Å². The quantitative estimate of drug-likeness (QED) is 0.845. The van der Waals surface area contributed by atoms with Gasteiger partial charge in [0.2, 0.25) is 0 Å². The van der Waals surface area contributed by atoms with Crippen LogP contribution in [-0.4, -0.2) is 27.0 Å². The molecule has 2 rings (SSSR count). The summed E-state index contributed by atoms with van der Waals surface area (Å²) < 4.78 is 1.87. The topological polar surface area (TPSA) is 71.8 Å². The Morgan fingerprint density at radius 2 is 2.21 bits per heavy atom. The Labute approximate surface area is 111 Å². The Balaban J connectivity index is 1.94. The average molecular weight is 259 g/mol. The molecule has 0 atom stereocenters. The lowest BCUT2D eigenvalue weighted by atomic mass is 10.2. The van der Waals surface area contributed by atoms with E-state index < -0.39 is 0 Å². The lowest BCUT2D eigenvalue weighted by molar-refractivity contribution is 0.0949. The normalized spacial score (nSPS) is 10.2. The molecule has 2 N–H and O–H groups in total. The van der Waals surface area contributed by atoms with E-state index in [-0.39, 0.29) is 5.91 Å². The van der Waals surface area contributed by atoms with Gasteiger partial charge in [-0.15, -0.1) is 0 Å². The second-order valence-corrected chi connectivity index (χ2v) is 4.10. The van der Waals surface area contributed by atoms with E-state index in [1.165, 1.54) is 0 Å². The zero-order chi connectivity index (χ0) is 13.7. The number of imidazole rings is 1. The van der Waals surface area contributed by atoms with Crippen LogP contribution < -0.4 is 10.6 Å². The summed E-state index contributed by atoms with van der Waals surface area (Å²) in [5.74, 6) is 1.42. The number of hydrogen-bond acceptors (Lipinski definition) is 4. The van der Waals surface area contributed by atoms with Gasteiger partial charge in [-0.3, -0.25) is 4.79 Å². The highest BCUT2D eigenvalue weighted by Crippen LogP contribution is 2.05. The van der Waals surface area contributed by atoms with Crippen LogP contribution >= 0.6 is 0 Å². The van der Waals surface area contributed by atoms with Crippen molar-refractivity contribution in [1.82, 2.24) is 19.9 Å². The highest BCUT2D eigenvalue weighted by Gasteiger charge is 2.07. The molecule has 6 nitrogen and oxygen atoms in total. The summed E-state index contributed by atoms with van der Waals surface area (Å²) in [5, 5.41) is 5.89. The second-order valence-electron chi connectivity index (χ2n) is 4.10. The summed E-state index contributed by atoms with van der Waals surface area (Å²) in [5.41, 5.74) is 0.538. The largest absolute Gasteiger partial charge is 0.370 e. The van der Waals surface area contributed by atoms with Gasteiger partial charge in [-0.1, -0.05) is 0 Å². The molecule has 0 fully saturated rings. The molecule has 0 spiro atoms. The first kappa shape index (κ1) is 13.1. The smallest absolute Gasteiger partial charge is 0.253 e. The fourth-order valence-electron chi connectivity index (χ4n) is 1.64. The van der Waals surface area contributed by atoms with Crippen molar-refractivity contribution in [3.8, 4) is 0 Å². The summed E-state index contributed by atoms with van der Waals surface area (Å²) in [6, 6.07) is 3.54. The third-order valence-electron chi connectivity index (χ3n) is 2.71. The Kier molecular flexibility index (Phi) is 4.12. The first-order valence-corrected chi connectivity index (χ1v) is 6.15. The molecule has 100 valence electrons. The predicted octanol–water partition coefficient (Wildman–Crippen LogP) is 1.18. The number of pyridine rings is 1. The number of amides is 1. The van der Waals surface area contributed by atoms with Crippen LogP contribution in [0.5, 0.6) is 0 Å². The summed E-state index contributed by atoms with van der Waals surface area (Å²) in [6.07, 6.45) is 5.11. The van der Waals surface area contributed by atoms with Gasteiger partial charge in [-0.05, 0) is 19.1 Å². The molecule has 2 aromatic rings. The molecule has 0 aliphatic rings. The van der Waals surface area contributed by atoms with Crippen molar-refractivity contribution in [2.75, 3.05) is 11.9 Å². The summed E-state index contributed by atoms with van der Waals surface area (Å²) in [4.78, 5) is 20.2. The molecule has 0 saturated heterocycles. The number of nitrogens with zero attached hydrogens (tertiary/aromatic N) is 3. The lowest BCUT2D eigenvalue weighted by Gasteiger charge is -2.06. The van der Waals surface area contributed by atoms with E-state index in [4.69, 9.17) is 0 Å². The molecule has 0 bridgehead atoms. The lowest BCUT2D eigenvalue weighted by Crippen LogP contribution is -2.24. The SMILES string of the molecule is CCNc1ccc(C(=O)NCc2nccn2C)cn1. The van der Waals surface area contributed by atoms with Crippen LogP contribution in [-0.2, 0) is 13.6 Å². The van der Waals surface area contributed by atoms with E-state index in [2.05, 4.69) is 20.6 Å². The number of carbonyl (C=O) groups is 1. The zero-order valence-electron chi connectivity index (χ0n) is 11.1. The number of aryl methyl sites for hydroxylation is 1. The van der Waals surface area contributed by atoms with Crippen molar-refractivity contribution in [3.05, 3.63) is 42.1 Å². The van der Waals surface area contributed by atoms with Gasteiger partial charge in [-0.25, -0.2) is 9.97 Å². The second kappa shape index (κ2) is 5.99. The molecule has 6 heteroatoms. The van der Waals surface area contributed by atoms with Crippen LogP contribution in [0.1, 0.15) is 23.1 Å². The van der Waals surface area contributed by atoms with Gasteiger partial charge in [0.15, 0.2) is 0 Å². The number of nitrogens with one attached hydrogen (secondary N) is 2. The average Bonchev–Trinajstić information content (AvgIpc) is 2.83. The molecular weight excluding hydrogens is 242 g/mol. The van der Waals surface area contributed by atoms with E-state index in [0.717, 1.165) is 18.2 Å². The fourth-order valence-corrected chi connectivity index (χ4v) is 1.64. The Bertz CT molecular complexity index is 546.